The SMILES string of the molecule is CCOC(=O)/C=C/CNCc1cnccc1C. The van der Waals surface area contributed by atoms with Crippen molar-refractivity contribution in [3.05, 3.63) is 41.7 Å². The normalized spacial score (nSPS) is 10.7. The third-order valence-corrected chi connectivity index (χ3v) is 2.27. The number of nitrogens with one attached hydrogen (secondary N) is 1. The highest BCUT2D eigenvalue weighted by Gasteiger charge is 1.96. The second kappa shape index (κ2) is 7.57. The lowest BCUT2D eigenvalue weighted by Crippen LogP contribution is -2.14. The predicted molar refractivity (Wildman–Crippen MR) is 66.5 cm³/mol. The molecule has 0 saturated heterocycles. The molecular weight excluding hydrogens is 216 g/mol. The van der Waals surface area contributed by atoms with Gasteiger partial charge in [0.2, 0.25) is 0 Å². The lowest BCUT2D eigenvalue weighted by atomic mass is 10.1. The van der Waals surface area contributed by atoms with Crippen molar-refractivity contribution in [3.8, 4) is 0 Å². The Morgan fingerprint density at radius 3 is 3.12 bits per heavy atom. The lowest BCUT2D eigenvalue weighted by molar-refractivity contribution is -0.137. The summed E-state index contributed by atoms with van der Waals surface area (Å²) >= 11 is 0. The Bertz CT molecular complexity index is 389. The number of rotatable bonds is 6. The number of hydrogen-bond acceptors (Lipinski definition) is 4. The second-order valence-electron chi connectivity index (χ2n) is 3.59. The summed E-state index contributed by atoms with van der Waals surface area (Å²) in [5.41, 5.74) is 2.37. The maximum absolute atomic E-state index is 11.0. The van der Waals surface area contributed by atoms with E-state index in [0.29, 0.717) is 13.2 Å². The van der Waals surface area contributed by atoms with Gasteiger partial charge in [0.1, 0.15) is 0 Å². The molecule has 0 aliphatic rings. The Labute approximate surface area is 102 Å². The first-order valence-electron chi connectivity index (χ1n) is 5.67. The van der Waals surface area contributed by atoms with Crippen LogP contribution in [-0.4, -0.2) is 24.1 Å². The summed E-state index contributed by atoms with van der Waals surface area (Å²) in [6.45, 7) is 5.62. The fourth-order valence-electron chi connectivity index (χ4n) is 1.32. The van der Waals surface area contributed by atoms with Gasteiger partial charge in [-0.15, -0.1) is 0 Å². The Kier molecular flexibility index (Phi) is 5.96. The van der Waals surface area contributed by atoms with E-state index in [1.54, 1.807) is 19.2 Å². The molecule has 17 heavy (non-hydrogen) atoms. The van der Waals surface area contributed by atoms with Crippen LogP contribution in [0.15, 0.2) is 30.6 Å². The largest absolute Gasteiger partial charge is 0.463 e. The highest BCUT2D eigenvalue weighted by molar-refractivity contribution is 5.81. The summed E-state index contributed by atoms with van der Waals surface area (Å²) < 4.78 is 4.76. The molecule has 1 heterocycles. The summed E-state index contributed by atoms with van der Waals surface area (Å²) in [5.74, 6) is -0.299. The van der Waals surface area contributed by atoms with Crippen molar-refractivity contribution in [3.63, 3.8) is 0 Å². The molecule has 92 valence electrons. The molecule has 1 aromatic heterocycles. The van der Waals surface area contributed by atoms with Crippen LogP contribution in [-0.2, 0) is 16.1 Å². The fraction of sp³-hybridized carbons (Fsp3) is 0.385. The molecule has 4 heteroatoms. The molecule has 0 amide bonds. The van der Waals surface area contributed by atoms with Crippen molar-refractivity contribution < 1.29 is 9.53 Å². The molecule has 4 nitrogen and oxygen atoms in total. The zero-order chi connectivity index (χ0) is 12.5. The number of pyridine rings is 1. The van der Waals surface area contributed by atoms with E-state index in [0.717, 1.165) is 12.1 Å². The van der Waals surface area contributed by atoms with Gasteiger partial charge in [0.15, 0.2) is 0 Å². The number of carbonyl (C=O) groups excluding carboxylic acids is 1. The quantitative estimate of drug-likeness (QED) is 0.461. The molecule has 0 unspecified atom stereocenters. The van der Waals surface area contributed by atoms with Crippen molar-refractivity contribution in [1.82, 2.24) is 10.3 Å². The molecule has 0 atom stereocenters. The Hall–Kier alpha value is -1.68. The summed E-state index contributed by atoms with van der Waals surface area (Å²) in [6, 6.07) is 1.98. The zero-order valence-corrected chi connectivity index (χ0v) is 10.3. The van der Waals surface area contributed by atoms with Crippen LogP contribution in [0.1, 0.15) is 18.1 Å². The summed E-state index contributed by atoms with van der Waals surface area (Å²) in [4.78, 5) is 15.0. The topological polar surface area (TPSA) is 51.2 Å². The highest BCUT2D eigenvalue weighted by Crippen LogP contribution is 2.03. The Morgan fingerprint density at radius 1 is 1.59 bits per heavy atom. The van der Waals surface area contributed by atoms with E-state index >= 15 is 0 Å². The van der Waals surface area contributed by atoms with Gasteiger partial charge in [0.25, 0.3) is 0 Å². The fourth-order valence-corrected chi connectivity index (χ4v) is 1.32. The van der Waals surface area contributed by atoms with E-state index in [-0.39, 0.29) is 5.97 Å². The van der Waals surface area contributed by atoms with E-state index < -0.39 is 0 Å². The molecule has 0 fully saturated rings. The number of ether oxygens (including phenoxy) is 1. The van der Waals surface area contributed by atoms with Crippen molar-refractivity contribution >= 4 is 5.97 Å². The number of aromatic nitrogens is 1. The summed E-state index contributed by atoms with van der Waals surface area (Å²) in [7, 11) is 0. The van der Waals surface area contributed by atoms with Crippen LogP contribution >= 0.6 is 0 Å². The van der Waals surface area contributed by atoms with Gasteiger partial charge in [-0.2, -0.15) is 0 Å². The third-order valence-electron chi connectivity index (χ3n) is 2.27. The molecule has 0 aromatic carbocycles. The second-order valence-corrected chi connectivity index (χ2v) is 3.59. The number of nitrogens with zero attached hydrogens (tertiary/aromatic N) is 1. The highest BCUT2D eigenvalue weighted by atomic mass is 16.5. The predicted octanol–water partition coefficient (Wildman–Crippen LogP) is 1.60. The molecule has 0 spiro atoms. The van der Waals surface area contributed by atoms with Crippen LogP contribution in [0, 0.1) is 6.92 Å². The molecule has 0 aliphatic heterocycles. The number of hydrogen-bond donors (Lipinski definition) is 1. The minimum Gasteiger partial charge on any atom is -0.463 e. The molecule has 1 N–H and O–H groups in total. The van der Waals surface area contributed by atoms with E-state index in [9.17, 15) is 4.79 Å². The van der Waals surface area contributed by atoms with Gasteiger partial charge in [0.05, 0.1) is 6.61 Å². The van der Waals surface area contributed by atoms with Gasteiger partial charge in [0, 0.05) is 31.6 Å². The van der Waals surface area contributed by atoms with Gasteiger partial charge < -0.3 is 10.1 Å². The van der Waals surface area contributed by atoms with Crippen LogP contribution in [0.5, 0.6) is 0 Å². The van der Waals surface area contributed by atoms with E-state index in [2.05, 4.69) is 10.3 Å². The summed E-state index contributed by atoms with van der Waals surface area (Å²) in [6.07, 6.45) is 6.81. The maximum Gasteiger partial charge on any atom is 0.330 e. The maximum atomic E-state index is 11.0. The van der Waals surface area contributed by atoms with Crippen LogP contribution in [0.25, 0.3) is 0 Å². The van der Waals surface area contributed by atoms with Gasteiger partial charge in [-0.25, -0.2) is 4.79 Å². The number of esters is 1. The monoisotopic (exact) mass is 234 g/mol. The van der Waals surface area contributed by atoms with Gasteiger partial charge in [-0.1, -0.05) is 6.08 Å². The average Bonchev–Trinajstić information content (AvgIpc) is 2.31. The van der Waals surface area contributed by atoms with Crippen LogP contribution in [0.2, 0.25) is 0 Å². The van der Waals surface area contributed by atoms with Crippen molar-refractivity contribution in [2.75, 3.05) is 13.2 Å². The number of aryl methyl sites for hydroxylation is 1. The minimum absolute atomic E-state index is 0.299. The molecule has 1 aromatic rings. The van der Waals surface area contributed by atoms with Crippen molar-refractivity contribution in [2.24, 2.45) is 0 Å². The standard InChI is InChI=1S/C13H18N2O2/c1-3-17-13(16)5-4-7-14-9-12-10-15-8-6-11(12)2/h4-6,8,10,14H,3,7,9H2,1-2H3/b5-4+. The van der Waals surface area contributed by atoms with Crippen molar-refractivity contribution in [2.45, 2.75) is 20.4 Å². The van der Waals surface area contributed by atoms with Crippen LogP contribution in [0.3, 0.4) is 0 Å². The Morgan fingerprint density at radius 2 is 2.41 bits per heavy atom. The van der Waals surface area contributed by atoms with E-state index in [1.807, 2.05) is 19.2 Å². The van der Waals surface area contributed by atoms with E-state index in [4.69, 9.17) is 4.74 Å². The van der Waals surface area contributed by atoms with Crippen LogP contribution < -0.4 is 5.32 Å². The van der Waals surface area contributed by atoms with E-state index in [1.165, 1.54) is 11.6 Å². The van der Waals surface area contributed by atoms with Gasteiger partial charge >= 0.3 is 5.97 Å². The lowest BCUT2D eigenvalue weighted by Gasteiger charge is -2.04. The molecule has 0 aliphatic carbocycles. The van der Waals surface area contributed by atoms with Gasteiger partial charge in [-0.3, -0.25) is 4.98 Å². The molecular formula is C13H18N2O2. The summed E-state index contributed by atoms with van der Waals surface area (Å²) in [5, 5.41) is 3.21. The average molecular weight is 234 g/mol. The first-order valence-corrected chi connectivity index (χ1v) is 5.67. The first kappa shape index (κ1) is 13.4. The molecule has 0 radical (unpaired) electrons. The zero-order valence-electron chi connectivity index (χ0n) is 10.3. The molecule has 1 rings (SSSR count). The third kappa shape index (κ3) is 5.26. The van der Waals surface area contributed by atoms with Crippen molar-refractivity contribution in [1.29, 1.82) is 0 Å². The molecule has 0 bridgehead atoms. The van der Waals surface area contributed by atoms with Crippen LogP contribution in [0.4, 0.5) is 0 Å². The molecule has 0 saturated carbocycles. The van der Waals surface area contributed by atoms with Gasteiger partial charge in [-0.05, 0) is 31.0 Å². The minimum atomic E-state index is -0.299. The number of carbonyl (C=O) groups is 1. The Balaban J connectivity index is 2.25. The smallest absolute Gasteiger partial charge is 0.330 e. The first-order chi connectivity index (χ1) is 8.24.